The molecule has 0 saturated carbocycles. The van der Waals surface area contributed by atoms with Crippen molar-refractivity contribution in [2.24, 2.45) is 0 Å². The second-order valence-corrected chi connectivity index (χ2v) is 8.41. The Labute approximate surface area is 197 Å². The van der Waals surface area contributed by atoms with Crippen LogP contribution in [0.3, 0.4) is 0 Å². The van der Waals surface area contributed by atoms with E-state index in [4.69, 9.17) is 27.9 Å². The van der Waals surface area contributed by atoms with Crippen LogP contribution in [0.2, 0.25) is 10.0 Å². The molecule has 1 fully saturated rings. The Morgan fingerprint density at radius 1 is 1.00 bits per heavy atom. The van der Waals surface area contributed by atoms with Crippen molar-refractivity contribution in [2.75, 3.05) is 56.2 Å². The van der Waals surface area contributed by atoms with Gasteiger partial charge in [-0.25, -0.2) is 0 Å². The van der Waals surface area contributed by atoms with Gasteiger partial charge in [-0.1, -0.05) is 47.5 Å². The second kappa shape index (κ2) is 10.3. The summed E-state index contributed by atoms with van der Waals surface area (Å²) in [7, 11) is 1.64. The van der Waals surface area contributed by atoms with E-state index in [1.165, 1.54) is 0 Å². The molecule has 1 saturated heterocycles. The van der Waals surface area contributed by atoms with Gasteiger partial charge in [-0.2, -0.15) is 0 Å². The van der Waals surface area contributed by atoms with E-state index in [1.54, 1.807) is 7.11 Å². The molecule has 0 aliphatic carbocycles. The minimum Gasteiger partial charge on any atom is -0.385 e. The Balaban J connectivity index is 1.50. The number of hydrogen-bond donors (Lipinski definition) is 1. The number of piperazine rings is 1. The van der Waals surface area contributed by atoms with Gasteiger partial charge in [-0.15, -0.1) is 10.2 Å². The molecule has 0 bridgehead atoms. The quantitative estimate of drug-likeness (QED) is 0.522. The predicted molar refractivity (Wildman–Crippen MR) is 129 cm³/mol. The van der Waals surface area contributed by atoms with Gasteiger partial charge in [0.1, 0.15) is 0 Å². The molecule has 32 heavy (non-hydrogen) atoms. The van der Waals surface area contributed by atoms with E-state index >= 15 is 0 Å². The van der Waals surface area contributed by atoms with Gasteiger partial charge in [0.25, 0.3) is 5.91 Å². The molecule has 1 N–H and O–H groups in total. The van der Waals surface area contributed by atoms with Crippen molar-refractivity contribution in [3.05, 3.63) is 58.2 Å². The average Bonchev–Trinajstić information content (AvgIpc) is 2.83. The van der Waals surface area contributed by atoms with E-state index < -0.39 is 0 Å². The maximum Gasteiger partial charge on any atom is 0.272 e. The fourth-order valence-corrected chi connectivity index (χ4v) is 4.14. The first kappa shape index (κ1) is 22.6. The molecule has 4 rings (SSSR count). The number of methoxy groups -OCH3 is 1. The maximum atomic E-state index is 12.7. The number of aromatic nitrogens is 2. The minimum atomic E-state index is -0.221. The van der Waals surface area contributed by atoms with Crippen LogP contribution in [0.1, 0.15) is 16.9 Å². The van der Waals surface area contributed by atoms with Gasteiger partial charge in [0.2, 0.25) is 0 Å². The van der Waals surface area contributed by atoms with Gasteiger partial charge < -0.3 is 19.9 Å². The molecule has 1 aliphatic heterocycles. The van der Waals surface area contributed by atoms with E-state index in [9.17, 15) is 4.79 Å². The van der Waals surface area contributed by atoms with Crippen LogP contribution in [-0.4, -0.2) is 62.5 Å². The largest absolute Gasteiger partial charge is 0.385 e. The summed E-state index contributed by atoms with van der Waals surface area (Å²) in [6.45, 7) is 4.31. The van der Waals surface area contributed by atoms with Crippen LogP contribution in [0.4, 0.5) is 11.5 Å². The lowest BCUT2D eigenvalue weighted by atomic mass is 10.1. The third-order valence-electron chi connectivity index (χ3n) is 5.54. The molecule has 0 unspecified atom stereocenters. The minimum absolute atomic E-state index is 0.221. The molecule has 1 aromatic heterocycles. The molecular formula is C23H25Cl2N5O2. The summed E-state index contributed by atoms with van der Waals surface area (Å²) in [5, 5.41) is 14.5. The van der Waals surface area contributed by atoms with E-state index in [0.717, 1.165) is 54.9 Å². The van der Waals surface area contributed by atoms with Crippen molar-refractivity contribution < 1.29 is 9.53 Å². The van der Waals surface area contributed by atoms with E-state index in [1.807, 2.05) is 42.5 Å². The molecule has 0 atom stereocenters. The predicted octanol–water partition coefficient (Wildman–Crippen LogP) is 4.03. The van der Waals surface area contributed by atoms with Gasteiger partial charge in [-0.05, 0) is 24.6 Å². The van der Waals surface area contributed by atoms with Crippen molar-refractivity contribution in [3.63, 3.8) is 0 Å². The second-order valence-electron chi connectivity index (χ2n) is 7.59. The number of anilines is 2. The van der Waals surface area contributed by atoms with Crippen LogP contribution in [0.25, 0.3) is 10.8 Å². The van der Waals surface area contributed by atoms with Gasteiger partial charge in [0.05, 0.1) is 10.0 Å². The van der Waals surface area contributed by atoms with Crippen molar-refractivity contribution in [1.29, 1.82) is 0 Å². The highest BCUT2D eigenvalue weighted by Crippen LogP contribution is 2.30. The number of amides is 1. The first-order valence-corrected chi connectivity index (χ1v) is 11.3. The summed E-state index contributed by atoms with van der Waals surface area (Å²) in [6.07, 6.45) is 0.745. The van der Waals surface area contributed by atoms with Gasteiger partial charge in [-0.3, -0.25) is 4.79 Å². The summed E-state index contributed by atoms with van der Waals surface area (Å²) in [5.41, 5.74) is 1.40. The van der Waals surface area contributed by atoms with Crippen LogP contribution in [-0.2, 0) is 4.74 Å². The highest BCUT2D eigenvalue weighted by atomic mass is 35.5. The number of hydrogen-bond acceptors (Lipinski definition) is 6. The topological polar surface area (TPSA) is 70.6 Å². The van der Waals surface area contributed by atoms with E-state index in [0.29, 0.717) is 28.9 Å². The molecular weight excluding hydrogens is 449 g/mol. The van der Waals surface area contributed by atoms with Gasteiger partial charge in [0.15, 0.2) is 11.5 Å². The lowest BCUT2D eigenvalue weighted by molar-refractivity contribution is 0.0944. The number of rotatable bonds is 7. The number of fused-ring (bicyclic) bond motifs is 1. The Bertz CT molecular complexity index is 1100. The number of ether oxygens (including phenoxy) is 1. The molecule has 0 radical (unpaired) electrons. The number of benzene rings is 2. The zero-order chi connectivity index (χ0) is 22.5. The van der Waals surface area contributed by atoms with Crippen molar-refractivity contribution in [3.8, 4) is 0 Å². The standard InChI is InChI=1S/C23H25Cl2N5O2/c1-32-14-4-9-26-23(31)21-17-5-2-3-6-18(17)22(28-27-21)30-12-10-29(11-13-30)16-7-8-19(24)20(25)15-16/h2-3,5-8,15H,4,9-14H2,1H3,(H,26,31). The zero-order valence-electron chi connectivity index (χ0n) is 17.9. The van der Waals surface area contributed by atoms with E-state index in [2.05, 4.69) is 25.3 Å². The first-order valence-electron chi connectivity index (χ1n) is 10.6. The van der Waals surface area contributed by atoms with Crippen LogP contribution < -0.4 is 15.1 Å². The van der Waals surface area contributed by atoms with Gasteiger partial charge in [0, 0.05) is 62.9 Å². The number of nitrogens with one attached hydrogen (secondary N) is 1. The first-order chi connectivity index (χ1) is 15.6. The summed E-state index contributed by atoms with van der Waals surface area (Å²) < 4.78 is 5.03. The van der Waals surface area contributed by atoms with E-state index in [-0.39, 0.29) is 5.91 Å². The number of nitrogens with zero attached hydrogens (tertiary/aromatic N) is 4. The van der Waals surface area contributed by atoms with Crippen LogP contribution in [0, 0.1) is 0 Å². The summed E-state index contributed by atoms with van der Waals surface area (Å²) in [4.78, 5) is 17.2. The Morgan fingerprint density at radius 3 is 2.44 bits per heavy atom. The Hall–Kier alpha value is -2.61. The lowest BCUT2D eigenvalue weighted by Crippen LogP contribution is -2.47. The Morgan fingerprint density at radius 2 is 1.72 bits per heavy atom. The molecule has 3 aromatic rings. The molecule has 0 spiro atoms. The fourth-order valence-electron chi connectivity index (χ4n) is 3.85. The highest BCUT2D eigenvalue weighted by Gasteiger charge is 2.23. The SMILES string of the molecule is COCCCNC(=O)c1nnc(N2CCN(c3ccc(Cl)c(Cl)c3)CC2)c2ccccc12. The maximum absolute atomic E-state index is 12.7. The lowest BCUT2D eigenvalue weighted by Gasteiger charge is -2.37. The van der Waals surface area contributed by atoms with Gasteiger partial charge >= 0.3 is 0 Å². The van der Waals surface area contributed by atoms with Crippen molar-refractivity contribution >= 4 is 51.4 Å². The molecule has 9 heteroatoms. The number of halogens is 2. The third kappa shape index (κ3) is 4.90. The zero-order valence-corrected chi connectivity index (χ0v) is 19.4. The number of carbonyl (C=O) groups excluding carboxylic acids is 1. The molecule has 168 valence electrons. The third-order valence-corrected chi connectivity index (χ3v) is 6.28. The molecule has 1 amide bonds. The smallest absolute Gasteiger partial charge is 0.272 e. The van der Waals surface area contributed by atoms with Crippen LogP contribution in [0.15, 0.2) is 42.5 Å². The molecule has 1 aliphatic rings. The average molecular weight is 474 g/mol. The highest BCUT2D eigenvalue weighted by molar-refractivity contribution is 6.42. The molecule has 2 heterocycles. The monoisotopic (exact) mass is 473 g/mol. The number of carbonyl (C=O) groups is 1. The normalized spacial score (nSPS) is 14.1. The molecule has 2 aromatic carbocycles. The van der Waals surface area contributed by atoms with Crippen LogP contribution in [0.5, 0.6) is 0 Å². The van der Waals surface area contributed by atoms with Crippen LogP contribution >= 0.6 is 23.2 Å². The van der Waals surface area contributed by atoms with Crippen molar-refractivity contribution in [2.45, 2.75) is 6.42 Å². The fraction of sp³-hybridized carbons (Fsp3) is 0.348. The summed E-state index contributed by atoms with van der Waals surface area (Å²) in [5.74, 6) is 0.575. The van der Waals surface area contributed by atoms with Crippen molar-refractivity contribution in [1.82, 2.24) is 15.5 Å². The summed E-state index contributed by atoms with van der Waals surface area (Å²) in [6, 6.07) is 13.5. The summed E-state index contributed by atoms with van der Waals surface area (Å²) >= 11 is 12.2. The Kier molecular flexibility index (Phi) is 7.29. The molecule has 7 nitrogen and oxygen atoms in total.